The third kappa shape index (κ3) is 4.05. The van der Waals surface area contributed by atoms with Crippen molar-refractivity contribution in [3.63, 3.8) is 0 Å². The van der Waals surface area contributed by atoms with Crippen LogP contribution in [0.5, 0.6) is 0 Å². The summed E-state index contributed by atoms with van der Waals surface area (Å²) in [6, 6.07) is 9.95. The lowest BCUT2D eigenvalue weighted by Gasteiger charge is -2.31. The SMILES string of the molecule is O=C(NCCCCO)C1CCCOC1c1ccccc1. The van der Waals surface area contributed by atoms with Gasteiger partial charge >= 0.3 is 0 Å². The lowest BCUT2D eigenvalue weighted by Crippen LogP contribution is -2.38. The first-order valence-corrected chi connectivity index (χ1v) is 7.38. The van der Waals surface area contributed by atoms with Crippen LogP contribution in [0.4, 0.5) is 0 Å². The second-order valence-corrected chi connectivity index (χ2v) is 5.17. The van der Waals surface area contributed by atoms with E-state index in [1.165, 1.54) is 0 Å². The predicted molar refractivity (Wildman–Crippen MR) is 77.2 cm³/mol. The minimum absolute atomic E-state index is 0.0662. The Morgan fingerprint density at radius 1 is 1.30 bits per heavy atom. The number of amides is 1. The molecule has 1 amide bonds. The van der Waals surface area contributed by atoms with Crippen molar-refractivity contribution in [3.8, 4) is 0 Å². The molecule has 0 bridgehead atoms. The molecule has 4 nitrogen and oxygen atoms in total. The van der Waals surface area contributed by atoms with Crippen molar-refractivity contribution in [2.75, 3.05) is 19.8 Å². The molecule has 0 aliphatic carbocycles. The van der Waals surface area contributed by atoms with Crippen LogP contribution in [0, 0.1) is 5.92 Å². The van der Waals surface area contributed by atoms with Gasteiger partial charge in [-0.1, -0.05) is 30.3 Å². The van der Waals surface area contributed by atoms with E-state index in [9.17, 15) is 4.79 Å². The van der Waals surface area contributed by atoms with Gasteiger partial charge in [0.2, 0.25) is 5.91 Å². The van der Waals surface area contributed by atoms with Crippen LogP contribution in [0.2, 0.25) is 0 Å². The van der Waals surface area contributed by atoms with Crippen molar-refractivity contribution in [1.82, 2.24) is 5.32 Å². The zero-order valence-corrected chi connectivity index (χ0v) is 11.8. The minimum atomic E-state index is -0.136. The minimum Gasteiger partial charge on any atom is -0.396 e. The molecule has 1 aromatic carbocycles. The molecule has 1 aliphatic rings. The van der Waals surface area contributed by atoms with E-state index in [1.54, 1.807) is 0 Å². The van der Waals surface area contributed by atoms with Crippen LogP contribution in [0.3, 0.4) is 0 Å². The molecular formula is C16H23NO3. The molecule has 110 valence electrons. The Bertz CT molecular complexity index is 407. The number of hydrogen-bond donors (Lipinski definition) is 2. The van der Waals surface area contributed by atoms with Crippen LogP contribution in [-0.2, 0) is 9.53 Å². The molecule has 1 aromatic rings. The summed E-state index contributed by atoms with van der Waals surface area (Å²) in [4.78, 5) is 12.3. The molecule has 2 N–H and O–H groups in total. The molecular weight excluding hydrogens is 254 g/mol. The second kappa shape index (κ2) is 8.02. The summed E-state index contributed by atoms with van der Waals surface area (Å²) >= 11 is 0. The van der Waals surface area contributed by atoms with Gasteiger partial charge in [0.05, 0.1) is 12.0 Å². The zero-order chi connectivity index (χ0) is 14.2. The van der Waals surface area contributed by atoms with Crippen molar-refractivity contribution in [1.29, 1.82) is 0 Å². The highest BCUT2D eigenvalue weighted by molar-refractivity contribution is 5.79. The van der Waals surface area contributed by atoms with Gasteiger partial charge in [0.1, 0.15) is 0 Å². The van der Waals surface area contributed by atoms with Crippen LogP contribution < -0.4 is 5.32 Å². The van der Waals surface area contributed by atoms with Crippen LogP contribution in [0.25, 0.3) is 0 Å². The number of hydrogen-bond acceptors (Lipinski definition) is 3. The molecule has 2 rings (SSSR count). The molecule has 1 saturated heterocycles. The Kier molecular flexibility index (Phi) is 6.02. The number of aliphatic hydroxyl groups excluding tert-OH is 1. The lowest BCUT2D eigenvalue weighted by atomic mass is 9.89. The predicted octanol–water partition coefficient (Wildman–Crippen LogP) is 2.04. The number of nitrogens with one attached hydrogen (secondary N) is 1. The molecule has 1 heterocycles. The number of rotatable bonds is 6. The number of carbonyl (C=O) groups excluding carboxylic acids is 1. The second-order valence-electron chi connectivity index (χ2n) is 5.17. The highest BCUT2D eigenvalue weighted by Gasteiger charge is 2.32. The summed E-state index contributed by atoms with van der Waals surface area (Å²) < 4.78 is 5.82. The van der Waals surface area contributed by atoms with Crippen LogP contribution >= 0.6 is 0 Å². The van der Waals surface area contributed by atoms with E-state index in [4.69, 9.17) is 9.84 Å². The quantitative estimate of drug-likeness (QED) is 0.782. The topological polar surface area (TPSA) is 58.6 Å². The highest BCUT2D eigenvalue weighted by Crippen LogP contribution is 2.33. The van der Waals surface area contributed by atoms with Gasteiger partial charge in [-0.2, -0.15) is 0 Å². The van der Waals surface area contributed by atoms with E-state index in [-0.39, 0.29) is 24.5 Å². The maximum absolute atomic E-state index is 12.3. The van der Waals surface area contributed by atoms with Crippen molar-refractivity contribution < 1.29 is 14.6 Å². The van der Waals surface area contributed by atoms with Gasteiger partial charge in [-0.3, -0.25) is 4.79 Å². The number of benzene rings is 1. The molecule has 0 spiro atoms. The fraction of sp³-hybridized carbons (Fsp3) is 0.562. The van der Waals surface area contributed by atoms with Crippen LogP contribution in [0.15, 0.2) is 30.3 Å². The summed E-state index contributed by atoms with van der Waals surface area (Å²) in [6.45, 7) is 1.51. The standard InChI is InChI=1S/C16H23NO3/c18-11-5-4-10-17-16(19)14-9-6-12-20-15(14)13-7-2-1-3-8-13/h1-3,7-8,14-15,18H,4-6,9-12H2,(H,17,19). The first-order valence-electron chi connectivity index (χ1n) is 7.38. The highest BCUT2D eigenvalue weighted by atomic mass is 16.5. The normalized spacial score (nSPS) is 22.4. The third-order valence-electron chi connectivity index (χ3n) is 3.67. The largest absolute Gasteiger partial charge is 0.396 e. The van der Waals surface area contributed by atoms with E-state index >= 15 is 0 Å². The smallest absolute Gasteiger partial charge is 0.226 e. The number of ether oxygens (including phenoxy) is 1. The van der Waals surface area contributed by atoms with Crippen molar-refractivity contribution in [2.24, 2.45) is 5.92 Å². The number of aliphatic hydroxyl groups is 1. The molecule has 0 saturated carbocycles. The summed E-state index contributed by atoms with van der Waals surface area (Å²) in [6.07, 6.45) is 3.20. The van der Waals surface area contributed by atoms with Gasteiger partial charge in [0, 0.05) is 19.8 Å². The van der Waals surface area contributed by atoms with Gasteiger partial charge in [-0.15, -0.1) is 0 Å². The first kappa shape index (κ1) is 15.0. The van der Waals surface area contributed by atoms with Gasteiger partial charge in [0.15, 0.2) is 0 Å². The van der Waals surface area contributed by atoms with Gasteiger partial charge in [-0.25, -0.2) is 0 Å². The van der Waals surface area contributed by atoms with Crippen LogP contribution in [0.1, 0.15) is 37.4 Å². The molecule has 1 fully saturated rings. The third-order valence-corrected chi connectivity index (χ3v) is 3.67. The number of unbranched alkanes of at least 4 members (excludes halogenated alkanes) is 1. The van der Waals surface area contributed by atoms with Gasteiger partial charge < -0.3 is 15.2 Å². The molecule has 1 aliphatic heterocycles. The van der Waals surface area contributed by atoms with E-state index in [0.29, 0.717) is 13.2 Å². The van der Waals surface area contributed by atoms with Crippen molar-refractivity contribution in [3.05, 3.63) is 35.9 Å². The molecule has 2 unspecified atom stereocenters. The molecule has 0 aromatic heterocycles. The average Bonchev–Trinajstić information content (AvgIpc) is 2.52. The maximum atomic E-state index is 12.3. The fourth-order valence-electron chi connectivity index (χ4n) is 2.60. The van der Waals surface area contributed by atoms with Crippen molar-refractivity contribution >= 4 is 5.91 Å². The first-order chi connectivity index (χ1) is 9.83. The Morgan fingerprint density at radius 3 is 2.85 bits per heavy atom. The maximum Gasteiger partial charge on any atom is 0.226 e. The summed E-state index contributed by atoms with van der Waals surface area (Å²) in [5, 5.41) is 11.7. The Hall–Kier alpha value is -1.39. The number of carbonyl (C=O) groups is 1. The zero-order valence-electron chi connectivity index (χ0n) is 11.8. The van der Waals surface area contributed by atoms with Crippen molar-refractivity contribution in [2.45, 2.75) is 31.8 Å². The van der Waals surface area contributed by atoms with Gasteiger partial charge in [-0.05, 0) is 31.2 Å². The van der Waals surface area contributed by atoms with E-state index in [1.807, 2.05) is 30.3 Å². The molecule has 20 heavy (non-hydrogen) atoms. The summed E-state index contributed by atoms with van der Waals surface area (Å²) in [5.41, 5.74) is 1.07. The van der Waals surface area contributed by atoms with E-state index in [2.05, 4.69) is 5.32 Å². The van der Waals surface area contributed by atoms with Crippen LogP contribution in [-0.4, -0.2) is 30.8 Å². The summed E-state index contributed by atoms with van der Waals surface area (Å²) in [7, 11) is 0. The summed E-state index contributed by atoms with van der Waals surface area (Å²) in [5.74, 6) is -0.0447. The van der Waals surface area contributed by atoms with E-state index in [0.717, 1.165) is 31.2 Å². The fourth-order valence-corrected chi connectivity index (χ4v) is 2.60. The lowest BCUT2D eigenvalue weighted by molar-refractivity contribution is -0.134. The molecule has 2 atom stereocenters. The Balaban J connectivity index is 1.94. The Labute approximate surface area is 120 Å². The van der Waals surface area contributed by atoms with E-state index < -0.39 is 0 Å². The molecule has 0 radical (unpaired) electrons. The average molecular weight is 277 g/mol. The monoisotopic (exact) mass is 277 g/mol. The Morgan fingerprint density at radius 2 is 2.10 bits per heavy atom. The molecule has 4 heteroatoms. The van der Waals surface area contributed by atoms with Gasteiger partial charge in [0.25, 0.3) is 0 Å².